The van der Waals surface area contributed by atoms with Crippen LogP contribution < -0.4 is 0 Å². The summed E-state index contributed by atoms with van der Waals surface area (Å²) in [5.41, 5.74) is 6.33. The minimum Gasteiger partial charge on any atom is -0.455 e. The van der Waals surface area contributed by atoms with Gasteiger partial charge in [0.05, 0.1) is 5.69 Å². The van der Waals surface area contributed by atoms with Crippen LogP contribution in [0.1, 0.15) is 11.1 Å². The van der Waals surface area contributed by atoms with Gasteiger partial charge in [-0.15, -0.1) is 11.3 Å². The third-order valence-corrected chi connectivity index (χ3v) is 6.56. The number of hydrogen-bond acceptors (Lipinski definition) is 3. The summed E-state index contributed by atoms with van der Waals surface area (Å²) in [5, 5.41) is 4.79. The molecule has 0 radical (unpaired) electrons. The van der Waals surface area contributed by atoms with Crippen LogP contribution in [0.2, 0.25) is 0 Å². The zero-order valence-corrected chi connectivity index (χ0v) is 16.4. The van der Waals surface area contributed by atoms with Crippen LogP contribution in [0.4, 0.5) is 0 Å². The van der Waals surface area contributed by atoms with Crippen LogP contribution in [-0.4, -0.2) is 4.98 Å². The van der Waals surface area contributed by atoms with Crippen LogP contribution in [-0.2, 0) is 0 Å². The summed E-state index contributed by atoms with van der Waals surface area (Å²) in [6, 6.07) is 21.5. The van der Waals surface area contributed by atoms with Gasteiger partial charge >= 0.3 is 0 Å². The van der Waals surface area contributed by atoms with Gasteiger partial charge in [-0.1, -0.05) is 36.4 Å². The Kier molecular flexibility index (Phi) is 3.21. The first-order chi connectivity index (χ1) is 13.7. The van der Waals surface area contributed by atoms with Crippen molar-refractivity contribution >= 4 is 53.4 Å². The number of aromatic nitrogens is 1. The highest BCUT2D eigenvalue weighted by Crippen LogP contribution is 2.39. The highest BCUT2D eigenvalue weighted by molar-refractivity contribution is 7.25. The summed E-state index contributed by atoms with van der Waals surface area (Å²) in [4.78, 5) is 4.81. The molecule has 0 N–H and O–H groups in total. The minimum atomic E-state index is 0.909. The van der Waals surface area contributed by atoms with Gasteiger partial charge in [-0.2, -0.15) is 0 Å². The molecule has 28 heavy (non-hydrogen) atoms. The van der Waals surface area contributed by atoms with Crippen molar-refractivity contribution in [1.82, 2.24) is 4.98 Å². The van der Waals surface area contributed by atoms with E-state index in [1.165, 1.54) is 31.3 Å². The average Bonchev–Trinajstić information content (AvgIpc) is 3.23. The number of furan rings is 1. The number of hydrogen-bond donors (Lipinski definition) is 0. The molecular formula is C25H17NOS. The fourth-order valence-electron chi connectivity index (χ4n) is 4.03. The lowest BCUT2D eigenvalue weighted by atomic mass is 10.0. The van der Waals surface area contributed by atoms with E-state index >= 15 is 0 Å². The van der Waals surface area contributed by atoms with Gasteiger partial charge in [0.2, 0.25) is 0 Å². The molecule has 6 rings (SSSR count). The third kappa shape index (κ3) is 2.23. The first kappa shape index (κ1) is 15.8. The van der Waals surface area contributed by atoms with E-state index in [4.69, 9.17) is 9.40 Å². The second-order valence-electron chi connectivity index (χ2n) is 7.45. The van der Waals surface area contributed by atoms with Gasteiger partial charge in [0.1, 0.15) is 11.2 Å². The van der Waals surface area contributed by atoms with Crippen LogP contribution in [0.15, 0.2) is 71.3 Å². The van der Waals surface area contributed by atoms with Crippen molar-refractivity contribution in [2.24, 2.45) is 0 Å². The molecule has 0 fully saturated rings. The summed E-state index contributed by atoms with van der Waals surface area (Å²) in [5.74, 6) is 0. The van der Waals surface area contributed by atoms with E-state index in [0.29, 0.717) is 0 Å². The molecule has 0 saturated carbocycles. The van der Waals surface area contributed by atoms with Crippen molar-refractivity contribution in [3.8, 4) is 11.3 Å². The zero-order valence-electron chi connectivity index (χ0n) is 15.6. The number of rotatable bonds is 1. The highest BCUT2D eigenvalue weighted by Gasteiger charge is 2.14. The standard InChI is InChI=1S/C25H17NOS/c1-14-6-8-16-18-4-3-5-19(25(18)27-22(16)10-14)21-12-24-20(13-26-21)17-9-7-15(2)11-23(17)28-24/h3-13H,1-2H3. The Bertz CT molecular complexity index is 1540. The molecule has 0 amide bonds. The topological polar surface area (TPSA) is 26.0 Å². The van der Waals surface area contributed by atoms with E-state index in [9.17, 15) is 0 Å². The van der Waals surface area contributed by atoms with Gasteiger partial charge in [0.25, 0.3) is 0 Å². The van der Waals surface area contributed by atoms with Crippen molar-refractivity contribution in [3.05, 3.63) is 78.0 Å². The molecule has 0 atom stereocenters. The molecule has 3 aromatic carbocycles. The van der Waals surface area contributed by atoms with Crippen LogP contribution >= 0.6 is 11.3 Å². The van der Waals surface area contributed by atoms with Gasteiger partial charge in [-0.05, 0) is 49.2 Å². The number of para-hydroxylation sites is 1. The maximum atomic E-state index is 6.27. The Balaban J connectivity index is 1.63. The number of benzene rings is 3. The Hall–Kier alpha value is -3.17. The Morgan fingerprint density at radius 3 is 2.43 bits per heavy atom. The molecule has 0 saturated heterocycles. The van der Waals surface area contributed by atoms with Crippen LogP contribution in [0.5, 0.6) is 0 Å². The lowest BCUT2D eigenvalue weighted by Gasteiger charge is -2.02. The summed E-state index contributed by atoms with van der Waals surface area (Å²) in [6.07, 6.45) is 2.00. The zero-order chi connectivity index (χ0) is 18.8. The lowest BCUT2D eigenvalue weighted by Crippen LogP contribution is -1.83. The largest absolute Gasteiger partial charge is 0.455 e. The molecule has 0 aliphatic heterocycles. The second-order valence-corrected chi connectivity index (χ2v) is 8.54. The molecule has 0 aliphatic carbocycles. The van der Waals surface area contributed by atoms with Crippen LogP contribution in [0.25, 0.3) is 53.4 Å². The third-order valence-electron chi connectivity index (χ3n) is 5.44. The summed E-state index contributed by atoms with van der Waals surface area (Å²) in [6.45, 7) is 4.23. The fraction of sp³-hybridized carbons (Fsp3) is 0.0800. The lowest BCUT2D eigenvalue weighted by molar-refractivity contribution is 0.669. The predicted octanol–water partition coefficient (Wildman–Crippen LogP) is 7.63. The number of fused-ring (bicyclic) bond motifs is 6. The number of aryl methyl sites for hydroxylation is 2. The van der Waals surface area contributed by atoms with E-state index in [1.54, 1.807) is 0 Å². The van der Waals surface area contributed by atoms with Gasteiger partial charge in [-0.3, -0.25) is 4.98 Å². The van der Waals surface area contributed by atoms with Crippen LogP contribution in [0, 0.1) is 13.8 Å². The summed E-state index contributed by atoms with van der Waals surface area (Å²) >= 11 is 1.83. The van der Waals surface area contributed by atoms with E-state index in [1.807, 2.05) is 17.5 Å². The van der Waals surface area contributed by atoms with Crippen LogP contribution in [0.3, 0.4) is 0 Å². The predicted molar refractivity (Wildman–Crippen MR) is 119 cm³/mol. The Morgan fingerprint density at radius 1 is 0.750 bits per heavy atom. The summed E-state index contributed by atoms with van der Waals surface area (Å²) < 4.78 is 8.84. The normalized spacial score (nSPS) is 11.9. The molecule has 6 aromatic rings. The molecule has 3 heteroatoms. The van der Waals surface area contributed by atoms with Crippen molar-refractivity contribution < 1.29 is 4.42 Å². The average molecular weight is 379 g/mol. The molecule has 2 nitrogen and oxygen atoms in total. The maximum absolute atomic E-state index is 6.27. The van der Waals surface area contributed by atoms with Gasteiger partial charge in [-0.25, -0.2) is 0 Å². The monoisotopic (exact) mass is 379 g/mol. The maximum Gasteiger partial charge on any atom is 0.144 e. The van der Waals surface area contributed by atoms with Crippen molar-refractivity contribution in [2.45, 2.75) is 13.8 Å². The van der Waals surface area contributed by atoms with E-state index in [2.05, 4.69) is 74.5 Å². The molecule has 3 heterocycles. The quantitative estimate of drug-likeness (QED) is 0.293. The van der Waals surface area contributed by atoms with E-state index in [0.717, 1.165) is 33.2 Å². The summed E-state index contributed by atoms with van der Waals surface area (Å²) in [7, 11) is 0. The number of pyridine rings is 1. The fourth-order valence-corrected chi connectivity index (χ4v) is 5.25. The molecular weight excluding hydrogens is 362 g/mol. The molecule has 134 valence electrons. The SMILES string of the molecule is Cc1ccc2c(c1)oc1c(-c3cc4sc5cc(C)ccc5c4cn3)cccc12. The first-order valence-electron chi connectivity index (χ1n) is 9.38. The molecule has 0 unspecified atom stereocenters. The van der Waals surface area contributed by atoms with Crippen molar-refractivity contribution in [3.63, 3.8) is 0 Å². The number of thiophene rings is 1. The molecule has 0 spiro atoms. The molecule has 3 aromatic heterocycles. The van der Waals surface area contributed by atoms with E-state index in [-0.39, 0.29) is 0 Å². The van der Waals surface area contributed by atoms with Gasteiger partial charge < -0.3 is 4.42 Å². The smallest absolute Gasteiger partial charge is 0.144 e. The number of nitrogens with zero attached hydrogens (tertiary/aromatic N) is 1. The van der Waals surface area contributed by atoms with Gasteiger partial charge in [0.15, 0.2) is 0 Å². The second kappa shape index (κ2) is 5.66. The molecule has 0 bridgehead atoms. The van der Waals surface area contributed by atoms with Crippen molar-refractivity contribution in [2.75, 3.05) is 0 Å². The Morgan fingerprint density at radius 2 is 1.54 bits per heavy atom. The highest BCUT2D eigenvalue weighted by atomic mass is 32.1. The van der Waals surface area contributed by atoms with E-state index < -0.39 is 0 Å². The molecule has 0 aliphatic rings. The minimum absolute atomic E-state index is 0.909. The Labute approximate surface area is 166 Å². The first-order valence-corrected chi connectivity index (χ1v) is 10.2. The van der Waals surface area contributed by atoms with Crippen molar-refractivity contribution in [1.29, 1.82) is 0 Å². The van der Waals surface area contributed by atoms with Gasteiger partial charge in [0, 0.05) is 42.7 Å².